The van der Waals surface area contributed by atoms with E-state index in [0.29, 0.717) is 23.8 Å². The molecule has 2 unspecified atom stereocenters. The molecule has 0 spiro atoms. The van der Waals surface area contributed by atoms with E-state index in [2.05, 4.69) is 5.32 Å². The monoisotopic (exact) mass is 350 g/mol. The summed E-state index contributed by atoms with van der Waals surface area (Å²) in [5.74, 6) is -0.166. The highest BCUT2D eigenvalue weighted by Crippen LogP contribution is 2.61. The number of primary amides is 1. The van der Waals surface area contributed by atoms with E-state index >= 15 is 0 Å². The van der Waals surface area contributed by atoms with E-state index in [1.165, 1.54) is 18.2 Å². The molecule has 2 amide bonds. The van der Waals surface area contributed by atoms with Crippen molar-refractivity contribution in [3.05, 3.63) is 34.6 Å². The first-order valence-electron chi connectivity index (χ1n) is 8.38. The topological polar surface area (TPSA) is 72.2 Å². The van der Waals surface area contributed by atoms with Crippen molar-refractivity contribution in [2.75, 3.05) is 0 Å². The fourth-order valence-corrected chi connectivity index (χ4v) is 5.83. The Morgan fingerprint density at radius 1 is 1.21 bits per heavy atom. The van der Waals surface area contributed by atoms with Crippen LogP contribution in [0.5, 0.6) is 0 Å². The summed E-state index contributed by atoms with van der Waals surface area (Å²) in [6, 6.07) is 3.97. The van der Waals surface area contributed by atoms with Crippen LogP contribution in [0.3, 0.4) is 0 Å². The second-order valence-electron chi connectivity index (χ2n) is 7.97. The molecule has 0 aliphatic heterocycles. The number of amides is 2. The maximum absolute atomic E-state index is 13.3. The van der Waals surface area contributed by atoms with Crippen LogP contribution < -0.4 is 11.1 Å². The number of carbonyl (C=O) groups is 2. The largest absolute Gasteiger partial charge is 0.369 e. The number of hydrogen-bond donors (Lipinski definition) is 2. The van der Waals surface area contributed by atoms with Crippen LogP contribution in [-0.2, 0) is 4.79 Å². The molecule has 4 aliphatic carbocycles. The number of nitrogens with one attached hydrogen (secondary N) is 1. The second kappa shape index (κ2) is 5.19. The van der Waals surface area contributed by atoms with Gasteiger partial charge in [0.25, 0.3) is 5.91 Å². The lowest BCUT2D eigenvalue weighted by atomic mass is 9.46. The van der Waals surface area contributed by atoms with Gasteiger partial charge in [-0.05, 0) is 68.6 Å². The smallest absolute Gasteiger partial charge is 0.251 e. The third-order valence-electron chi connectivity index (χ3n) is 6.14. The van der Waals surface area contributed by atoms with Crippen molar-refractivity contribution in [1.82, 2.24) is 5.32 Å². The number of benzene rings is 1. The van der Waals surface area contributed by atoms with Crippen LogP contribution in [0, 0.1) is 23.1 Å². The Bertz CT molecular complexity index is 722. The molecule has 2 atom stereocenters. The molecule has 1 aromatic carbocycles. The fraction of sp³-hybridized carbons (Fsp3) is 0.556. The minimum Gasteiger partial charge on any atom is -0.369 e. The van der Waals surface area contributed by atoms with Crippen LogP contribution in [-0.4, -0.2) is 17.4 Å². The normalized spacial score (nSPS) is 36.6. The van der Waals surface area contributed by atoms with Crippen molar-refractivity contribution in [2.24, 2.45) is 23.0 Å². The zero-order valence-electron chi connectivity index (χ0n) is 13.3. The lowest BCUT2D eigenvalue weighted by molar-refractivity contribution is -0.146. The van der Waals surface area contributed by atoms with Crippen molar-refractivity contribution < 1.29 is 14.0 Å². The fourth-order valence-electron chi connectivity index (χ4n) is 5.65. The Kier molecular flexibility index (Phi) is 3.43. The van der Waals surface area contributed by atoms with Gasteiger partial charge >= 0.3 is 0 Å². The summed E-state index contributed by atoms with van der Waals surface area (Å²) in [5.41, 5.74) is 5.20. The molecule has 4 fully saturated rings. The van der Waals surface area contributed by atoms with Crippen molar-refractivity contribution in [3.8, 4) is 0 Å². The summed E-state index contributed by atoms with van der Waals surface area (Å²) in [4.78, 5) is 24.7. The van der Waals surface area contributed by atoms with Crippen molar-refractivity contribution in [2.45, 2.75) is 44.1 Å². The first-order chi connectivity index (χ1) is 11.3. The van der Waals surface area contributed by atoms with Crippen LogP contribution in [0.1, 0.15) is 48.9 Å². The summed E-state index contributed by atoms with van der Waals surface area (Å²) < 4.78 is 13.3. The number of rotatable bonds is 3. The number of hydrogen-bond acceptors (Lipinski definition) is 2. The van der Waals surface area contributed by atoms with E-state index in [1.54, 1.807) is 0 Å². The minimum absolute atomic E-state index is 0.0678. The van der Waals surface area contributed by atoms with Crippen molar-refractivity contribution in [1.29, 1.82) is 0 Å². The average molecular weight is 351 g/mol. The molecule has 0 aromatic heterocycles. The Balaban J connectivity index is 1.60. The average Bonchev–Trinajstić information content (AvgIpc) is 2.48. The van der Waals surface area contributed by atoms with E-state index in [0.717, 1.165) is 32.1 Å². The van der Waals surface area contributed by atoms with Crippen LogP contribution in [0.4, 0.5) is 4.39 Å². The molecular weight excluding hydrogens is 331 g/mol. The first-order valence-corrected chi connectivity index (χ1v) is 8.76. The summed E-state index contributed by atoms with van der Waals surface area (Å²) >= 11 is 5.78. The highest BCUT2D eigenvalue weighted by molar-refractivity contribution is 6.31. The lowest BCUT2D eigenvalue weighted by Crippen LogP contribution is -2.65. The lowest BCUT2D eigenvalue weighted by Gasteiger charge is -2.61. The molecule has 128 valence electrons. The molecule has 4 bridgehead atoms. The predicted molar refractivity (Wildman–Crippen MR) is 87.9 cm³/mol. The molecule has 0 heterocycles. The number of carbonyl (C=O) groups excluding carboxylic acids is 2. The zero-order chi connectivity index (χ0) is 17.1. The zero-order valence-corrected chi connectivity index (χ0v) is 14.0. The molecule has 1 aromatic rings. The molecular formula is C18H20ClFN2O2. The highest BCUT2D eigenvalue weighted by Gasteiger charge is 2.60. The van der Waals surface area contributed by atoms with Gasteiger partial charge in [-0.25, -0.2) is 4.39 Å². The highest BCUT2D eigenvalue weighted by atomic mass is 35.5. The summed E-state index contributed by atoms with van der Waals surface area (Å²) in [6.45, 7) is 0. The molecule has 6 heteroatoms. The molecule has 4 saturated carbocycles. The maximum Gasteiger partial charge on any atom is 0.251 e. The van der Waals surface area contributed by atoms with Gasteiger partial charge in [0.2, 0.25) is 5.91 Å². The minimum atomic E-state index is -0.546. The van der Waals surface area contributed by atoms with Crippen LogP contribution in [0.2, 0.25) is 5.02 Å². The molecule has 4 nitrogen and oxygen atoms in total. The van der Waals surface area contributed by atoms with Crippen LogP contribution in [0.15, 0.2) is 18.2 Å². The standard InChI is InChI=1S/C18H20ClFN2O2/c19-13-4-12(1-2-14(13)20)15(23)22-18-7-10-3-11(8-18)6-17(5-10,9-18)16(21)24/h1-2,4,10-11H,3,5-9H2,(H2,21,24)(H,22,23). The molecule has 0 radical (unpaired) electrons. The molecule has 0 saturated heterocycles. The number of nitrogens with two attached hydrogens (primary N) is 1. The van der Waals surface area contributed by atoms with Crippen LogP contribution >= 0.6 is 11.6 Å². The van der Waals surface area contributed by atoms with Gasteiger partial charge in [-0.1, -0.05) is 11.6 Å². The predicted octanol–water partition coefficient (Wildman–Crippen LogP) is 3.03. The van der Waals surface area contributed by atoms with Gasteiger partial charge in [0.1, 0.15) is 5.82 Å². The van der Waals surface area contributed by atoms with Crippen molar-refractivity contribution >= 4 is 23.4 Å². The quantitative estimate of drug-likeness (QED) is 0.879. The van der Waals surface area contributed by atoms with Gasteiger partial charge in [0.05, 0.1) is 10.4 Å². The molecule has 4 aliphatic rings. The van der Waals surface area contributed by atoms with E-state index in [4.69, 9.17) is 17.3 Å². The van der Waals surface area contributed by atoms with Crippen molar-refractivity contribution in [3.63, 3.8) is 0 Å². The van der Waals surface area contributed by atoms with Gasteiger partial charge in [0.15, 0.2) is 0 Å². The maximum atomic E-state index is 13.3. The molecule has 24 heavy (non-hydrogen) atoms. The van der Waals surface area contributed by atoms with Gasteiger partial charge in [0, 0.05) is 11.1 Å². The van der Waals surface area contributed by atoms with Gasteiger partial charge < -0.3 is 11.1 Å². The Morgan fingerprint density at radius 3 is 2.46 bits per heavy atom. The summed E-state index contributed by atoms with van der Waals surface area (Å²) in [5, 5.41) is 3.07. The molecule has 5 rings (SSSR count). The SMILES string of the molecule is NC(=O)C12CC3CC(CC(NC(=O)c4ccc(F)c(Cl)c4)(C3)C1)C2. The first kappa shape index (κ1) is 15.9. The Hall–Kier alpha value is -1.62. The third kappa shape index (κ3) is 2.41. The van der Waals surface area contributed by atoms with Gasteiger partial charge in [-0.3, -0.25) is 9.59 Å². The summed E-state index contributed by atoms with van der Waals surface area (Å²) in [7, 11) is 0. The second-order valence-corrected chi connectivity index (χ2v) is 8.38. The van der Waals surface area contributed by atoms with E-state index in [9.17, 15) is 14.0 Å². The van der Waals surface area contributed by atoms with Gasteiger partial charge in [-0.15, -0.1) is 0 Å². The summed E-state index contributed by atoms with van der Waals surface area (Å²) in [6.07, 6.45) is 5.20. The van der Waals surface area contributed by atoms with E-state index < -0.39 is 11.2 Å². The van der Waals surface area contributed by atoms with E-state index in [1.807, 2.05) is 0 Å². The molecule has 3 N–H and O–H groups in total. The Labute approximate surface area is 144 Å². The third-order valence-corrected chi connectivity index (χ3v) is 6.43. The van der Waals surface area contributed by atoms with Gasteiger partial charge in [-0.2, -0.15) is 0 Å². The number of halogens is 2. The van der Waals surface area contributed by atoms with E-state index in [-0.39, 0.29) is 22.4 Å². The Morgan fingerprint density at radius 2 is 1.88 bits per heavy atom. The van der Waals surface area contributed by atoms with Crippen LogP contribution in [0.25, 0.3) is 0 Å².